The molecule has 25 heavy (non-hydrogen) atoms. The van der Waals surface area contributed by atoms with Crippen molar-refractivity contribution in [3.05, 3.63) is 65.7 Å². The summed E-state index contributed by atoms with van der Waals surface area (Å²) in [6.45, 7) is 1.22. The molecule has 0 aliphatic carbocycles. The molecule has 130 valence electrons. The normalized spacial score (nSPS) is 11.4. The molecular formula is C19H19NO5. The summed E-state index contributed by atoms with van der Waals surface area (Å²) in [5.74, 6) is -1.03. The molecule has 2 rings (SSSR count). The highest BCUT2D eigenvalue weighted by Gasteiger charge is 2.18. The standard InChI is InChI=1S/C19H19NO5/c1-13(21)14-7-9-16(10-8-14)25-12-18(22)20-17(11-19(23)24)15-5-3-2-4-6-15/h2-10,17H,11-12H2,1H3,(H,20,22)(H,23,24)/t17-/m0/s1. The SMILES string of the molecule is CC(=O)c1ccc(OCC(=O)N[C@@H](CC(=O)O)c2ccccc2)cc1. The number of hydrogen-bond acceptors (Lipinski definition) is 4. The van der Waals surface area contributed by atoms with Gasteiger partial charge in [-0.2, -0.15) is 0 Å². The van der Waals surface area contributed by atoms with E-state index in [1.54, 1.807) is 48.5 Å². The van der Waals surface area contributed by atoms with Crippen LogP contribution in [0.3, 0.4) is 0 Å². The van der Waals surface area contributed by atoms with Gasteiger partial charge in [0.1, 0.15) is 5.75 Å². The lowest BCUT2D eigenvalue weighted by molar-refractivity contribution is -0.137. The second kappa shape index (κ2) is 8.63. The Balaban J connectivity index is 1.94. The van der Waals surface area contributed by atoms with Gasteiger partial charge in [-0.25, -0.2) is 0 Å². The molecule has 2 aromatic rings. The third-order valence-electron chi connectivity index (χ3n) is 3.55. The van der Waals surface area contributed by atoms with E-state index in [9.17, 15) is 14.4 Å². The van der Waals surface area contributed by atoms with E-state index in [-0.39, 0.29) is 18.8 Å². The van der Waals surface area contributed by atoms with E-state index < -0.39 is 17.9 Å². The van der Waals surface area contributed by atoms with Crippen molar-refractivity contribution in [2.24, 2.45) is 0 Å². The quantitative estimate of drug-likeness (QED) is 0.720. The first-order valence-corrected chi connectivity index (χ1v) is 7.75. The maximum absolute atomic E-state index is 12.1. The molecule has 1 amide bonds. The first-order valence-electron chi connectivity index (χ1n) is 7.75. The first kappa shape index (κ1) is 18.2. The van der Waals surface area contributed by atoms with E-state index in [0.29, 0.717) is 16.9 Å². The molecule has 0 aromatic heterocycles. The number of carboxylic acids is 1. The monoisotopic (exact) mass is 341 g/mol. The van der Waals surface area contributed by atoms with Gasteiger partial charge in [0.25, 0.3) is 5.91 Å². The summed E-state index contributed by atoms with van der Waals surface area (Å²) in [7, 11) is 0. The molecule has 0 spiro atoms. The minimum atomic E-state index is -1.00. The Morgan fingerprint density at radius 1 is 1.04 bits per heavy atom. The van der Waals surface area contributed by atoms with Crippen molar-refractivity contribution >= 4 is 17.7 Å². The van der Waals surface area contributed by atoms with Crippen molar-refractivity contribution in [1.29, 1.82) is 0 Å². The smallest absolute Gasteiger partial charge is 0.305 e. The first-order chi connectivity index (χ1) is 12.0. The van der Waals surface area contributed by atoms with Gasteiger partial charge in [-0.3, -0.25) is 14.4 Å². The van der Waals surface area contributed by atoms with Gasteiger partial charge in [-0.1, -0.05) is 30.3 Å². The molecule has 0 unspecified atom stereocenters. The van der Waals surface area contributed by atoms with Crippen molar-refractivity contribution in [3.8, 4) is 5.75 Å². The van der Waals surface area contributed by atoms with Gasteiger partial charge in [0.05, 0.1) is 12.5 Å². The number of benzene rings is 2. The molecule has 2 N–H and O–H groups in total. The van der Waals surface area contributed by atoms with Gasteiger partial charge in [0.15, 0.2) is 12.4 Å². The Bertz CT molecular complexity index is 740. The lowest BCUT2D eigenvalue weighted by Crippen LogP contribution is -2.33. The summed E-state index contributed by atoms with van der Waals surface area (Å²) >= 11 is 0. The molecule has 1 atom stereocenters. The number of ether oxygens (including phenoxy) is 1. The number of nitrogens with one attached hydrogen (secondary N) is 1. The van der Waals surface area contributed by atoms with Crippen LogP contribution in [0.5, 0.6) is 5.75 Å². The van der Waals surface area contributed by atoms with Crippen LogP contribution >= 0.6 is 0 Å². The molecule has 0 aliphatic rings. The van der Waals surface area contributed by atoms with Crippen molar-refractivity contribution in [3.63, 3.8) is 0 Å². The minimum absolute atomic E-state index is 0.0522. The van der Waals surface area contributed by atoms with Crippen molar-refractivity contribution in [2.45, 2.75) is 19.4 Å². The number of aliphatic carboxylic acids is 1. The molecule has 6 nitrogen and oxygen atoms in total. The van der Waals surface area contributed by atoms with Crippen LogP contribution in [-0.2, 0) is 9.59 Å². The van der Waals surface area contributed by atoms with Gasteiger partial charge < -0.3 is 15.2 Å². The lowest BCUT2D eigenvalue weighted by Gasteiger charge is -2.17. The molecule has 0 radical (unpaired) electrons. The van der Waals surface area contributed by atoms with E-state index in [4.69, 9.17) is 9.84 Å². The predicted molar refractivity (Wildman–Crippen MR) is 91.5 cm³/mol. The fourth-order valence-electron chi connectivity index (χ4n) is 2.28. The number of rotatable bonds is 8. The molecule has 6 heteroatoms. The Kier molecular flexibility index (Phi) is 6.28. The van der Waals surface area contributed by atoms with E-state index >= 15 is 0 Å². The zero-order chi connectivity index (χ0) is 18.2. The number of Topliss-reactive ketones (excluding diaryl/α,β-unsaturated/α-hetero) is 1. The fourth-order valence-corrected chi connectivity index (χ4v) is 2.28. The summed E-state index contributed by atoms with van der Waals surface area (Å²) < 4.78 is 5.37. The van der Waals surface area contributed by atoms with Crippen molar-refractivity contribution < 1.29 is 24.2 Å². The zero-order valence-electron chi connectivity index (χ0n) is 13.8. The predicted octanol–water partition coefficient (Wildman–Crippen LogP) is 2.60. The van der Waals surface area contributed by atoms with Crippen LogP contribution in [-0.4, -0.2) is 29.4 Å². The Morgan fingerprint density at radius 2 is 1.68 bits per heavy atom. The van der Waals surface area contributed by atoms with Crippen LogP contribution in [0.25, 0.3) is 0 Å². The average Bonchev–Trinajstić information content (AvgIpc) is 2.60. The highest BCUT2D eigenvalue weighted by molar-refractivity contribution is 5.94. The van der Waals surface area contributed by atoms with E-state index in [1.807, 2.05) is 6.07 Å². The summed E-state index contributed by atoms with van der Waals surface area (Å²) in [4.78, 5) is 34.3. The number of hydrogen-bond donors (Lipinski definition) is 2. The molecule has 0 aliphatic heterocycles. The Morgan fingerprint density at radius 3 is 2.24 bits per heavy atom. The van der Waals surface area contributed by atoms with Gasteiger partial charge in [-0.05, 0) is 36.8 Å². The van der Waals surface area contributed by atoms with Gasteiger partial charge in [-0.15, -0.1) is 0 Å². The molecule has 0 saturated heterocycles. The fraction of sp³-hybridized carbons (Fsp3) is 0.211. The highest BCUT2D eigenvalue weighted by atomic mass is 16.5. The average molecular weight is 341 g/mol. The number of carboxylic acid groups (broad SMARTS) is 1. The van der Waals surface area contributed by atoms with Crippen LogP contribution in [0.15, 0.2) is 54.6 Å². The summed E-state index contributed by atoms with van der Waals surface area (Å²) in [6.07, 6.45) is -0.219. The topological polar surface area (TPSA) is 92.7 Å². The highest BCUT2D eigenvalue weighted by Crippen LogP contribution is 2.17. The zero-order valence-corrected chi connectivity index (χ0v) is 13.8. The molecule has 0 bridgehead atoms. The largest absolute Gasteiger partial charge is 0.484 e. The van der Waals surface area contributed by atoms with Gasteiger partial charge in [0.2, 0.25) is 0 Å². The van der Waals surface area contributed by atoms with Crippen LogP contribution in [0.4, 0.5) is 0 Å². The van der Waals surface area contributed by atoms with Crippen molar-refractivity contribution in [2.75, 3.05) is 6.61 Å². The number of carbonyl (C=O) groups excluding carboxylic acids is 2. The molecule has 0 fully saturated rings. The maximum atomic E-state index is 12.1. The van der Waals surface area contributed by atoms with Crippen LogP contribution in [0.2, 0.25) is 0 Å². The summed E-state index contributed by atoms with van der Waals surface area (Å²) in [6, 6.07) is 14.7. The molecule has 2 aromatic carbocycles. The molecule has 0 saturated carbocycles. The van der Waals surface area contributed by atoms with Crippen LogP contribution in [0.1, 0.15) is 35.3 Å². The second-order valence-electron chi connectivity index (χ2n) is 5.50. The second-order valence-corrected chi connectivity index (χ2v) is 5.50. The maximum Gasteiger partial charge on any atom is 0.305 e. The van der Waals surface area contributed by atoms with E-state index in [0.717, 1.165) is 0 Å². The van der Waals surface area contributed by atoms with Crippen molar-refractivity contribution in [1.82, 2.24) is 5.32 Å². The molecular weight excluding hydrogens is 322 g/mol. The van der Waals surface area contributed by atoms with Crippen LogP contribution < -0.4 is 10.1 Å². The van der Waals surface area contributed by atoms with E-state index in [2.05, 4.69) is 5.32 Å². The number of amides is 1. The third-order valence-corrected chi connectivity index (χ3v) is 3.55. The number of ketones is 1. The summed E-state index contributed by atoms with van der Waals surface area (Å²) in [5.41, 5.74) is 1.27. The number of carbonyl (C=O) groups is 3. The third kappa shape index (κ3) is 5.76. The lowest BCUT2D eigenvalue weighted by atomic mass is 10.0. The molecule has 0 heterocycles. The van der Waals surface area contributed by atoms with E-state index in [1.165, 1.54) is 6.92 Å². The summed E-state index contributed by atoms with van der Waals surface area (Å²) in [5, 5.41) is 11.7. The minimum Gasteiger partial charge on any atom is -0.484 e. The van der Waals surface area contributed by atoms with Crippen LogP contribution in [0, 0.1) is 0 Å². The van der Waals surface area contributed by atoms with Gasteiger partial charge in [0, 0.05) is 5.56 Å². The Hall–Kier alpha value is -3.15. The van der Waals surface area contributed by atoms with Gasteiger partial charge >= 0.3 is 5.97 Å². The Labute approximate surface area is 145 Å².